The Morgan fingerprint density at radius 1 is 1.28 bits per heavy atom. The van der Waals surface area contributed by atoms with Gasteiger partial charge < -0.3 is 5.11 Å². The van der Waals surface area contributed by atoms with Gasteiger partial charge in [0.05, 0.1) is 5.60 Å². The van der Waals surface area contributed by atoms with Gasteiger partial charge in [0.2, 0.25) is 0 Å². The first-order valence-corrected chi connectivity index (χ1v) is 5.56. The number of rotatable bonds is 3. The zero-order chi connectivity index (χ0) is 13.2. The summed E-state index contributed by atoms with van der Waals surface area (Å²) < 4.78 is 26.3. The highest BCUT2D eigenvalue weighted by Gasteiger charge is 2.25. The summed E-state index contributed by atoms with van der Waals surface area (Å²) in [4.78, 5) is 3.92. The lowest BCUT2D eigenvalue weighted by Gasteiger charge is -2.23. The van der Waals surface area contributed by atoms with E-state index in [9.17, 15) is 13.9 Å². The van der Waals surface area contributed by atoms with Gasteiger partial charge in [-0.15, -0.1) is 0 Å². The highest BCUT2D eigenvalue weighted by Crippen LogP contribution is 2.25. The van der Waals surface area contributed by atoms with Gasteiger partial charge in [-0.1, -0.05) is 12.1 Å². The van der Waals surface area contributed by atoms with Crippen molar-refractivity contribution in [3.63, 3.8) is 0 Å². The van der Waals surface area contributed by atoms with Gasteiger partial charge in [-0.2, -0.15) is 0 Å². The molecule has 2 aromatic rings. The highest BCUT2D eigenvalue weighted by atomic mass is 19.1. The Labute approximate surface area is 104 Å². The fourth-order valence-corrected chi connectivity index (χ4v) is 1.82. The molecular formula is C14H13F2NO. The van der Waals surface area contributed by atoms with Crippen molar-refractivity contribution in [2.75, 3.05) is 0 Å². The average Bonchev–Trinajstić information content (AvgIpc) is 2.34. The average molecular weight is 249 g/mol. The first-order valence-electron chi connectivity index (χ1n) is 5.56. The highest BCUT2D eigenvalue weighted by molar-refractivity contribution is 5.25. The summed E-state index contributed by atoms with van der Waals surface area (Å²) in [7, 11) is 0. The Morgan fingerprint density at radius 2 is 2.06 bits per heavy atom. The molecule has 0 amide bonds. The van der Waals surface area contributed by atoms with Crippen molar-refractivity contribution < 1.29 is 13.9 Å². The maximum atomic E-state index is 13.5. The summed E-state index contributed by atoms with van der Waals surface area (Å²) in [6, 6.07) is 6.75. The summed E-state index contributed by atoms with van der Waals surface area (Å²) in [6.07, 6.45) is 3.18. The maximum Gasteiger partial charge on any atom is 0.129 e. The molecule has 2 rings (SSSR count). The molecule has 94 valence electrons. The van der Waals surface area contributed by atoms with E-state index in [0.717, 1.165) is 6.07 Å². The van der Waals surface area contributed by atoms with E-state index < -0.39 is 17.2 Å². The predicted octanol–water partition coefficient (Wildman–Crippen LogP) is 2.81. The Bertz CT molecular complexity index is 541. The van der Waals surface area contributed by atoms with Gasteiger partial charge in [-0.05, 0) is 24.6 Å². The van der Waals surface area contributed by atoms with Crippen molar-refractivity contribution in [2.24, 2.45) is 0 Å². The number of hydrogen-bond donors (Lipinski definition) is 1. The van der Waals surface area contributed by atoms with E-state index in [1.54, 1.807) is 25.3 Å². The summed E-state index contributed by atoms with van der Waals surface area (Å²) in [5.74, 6) is -1.28. The minimum atomic E-state index is -1.24. The van der Waals surface area contributed by atoms with Gasteiger partial charge in [0.1, 0.15) is 11.6 Å². The molecule has 0 spiro atoms. The molecule has 2 nitrogen and oxygen atoms in total. The third kappa shape index (κ3) is 2.71. The number of nitrogens with zero attached hydrogens (tertiary/aromatic N) is 1. The van der Waals surface area contributed by atoms with Crippen LogP contribution in [0.25, 0.3) is 0 Å². The van der Waals surface area contributed by atoms with Crippen LogP contribution in [0.2, 0.25) is 0 Å². The van der Waals surface area contributed by atoms with Gasteiger partial charge in [0, 0.05) is 30.4 Å². The van der Waals surface area contributed by atoms with Crippen molar-refractivity contribution in [3.05, 3.63) is 65.5 Å². The quantitative estimate of drug-likeness (QED) is 0.907. The number of pyridine rings is 1. The van der Waals surface area contributed by atoms with Crippen LogP contribution in [0.15, 0.2) is 42.7 Å². The van der Waals surface area contributed by atoms with Crippen LogP contribution in [0.5, 0.6) is 0 Å². The zero-order valence-electron chi connectivity index (χ0n) is 9.90. The molecule has 1 aromatic carbocycles. The molecule has 1 heterocycles. The van der Waals surface area contributed by atoms with Gasteiger partial charge in [-0.25, -0.2) is 8.78 Å². The molecule has 4 heteroatoms. The van der Waals surface area contributed by atoms with E-state index in [4.69, 9.17) is 0 Å². The third-order valence-corrected chi connectivity index (χ3v) is 2.83. The molecule has 0 aliphatic rings. The lowest BCUT2D eigenvalue weighted by atomic mass is 9.90. The summed E-state index contributed by atoms with van der Waals surface area (Å²) in [5.41, 5.74) is -0.383. The Balaban J connectivity index is 2.28. The second kappa shape index (κ2) is 4.82. The van der Waals surface area contributed by atoms with E-state index in [0.29, 0.717) is 5.56 Å². The van der Waals surface area contributed by atoms with Crippen LogP contribution < -0.4 is 0 Å². The molecule has 0 aliphatic heterocycles. The number of halogens is 2. The number of hydrogen-bond acceptors (Lipinski definition) is 2. The second-order valence-corrected chi connectivity index (χ2v) is 4.43. The predicted molar refractivity (Wildman–Crippen MR) is 63.9 cm³/mol. The van der Waals surface area contributed by atoms with Crippen LogP contribution in [0.4, 0.5) is 8.78 Å². The van der Waals surface area contributed by atoms with E-state index >= 15 is 0 Å². The molecule has 1 N–H and O–H groups in total. The lowest BCUT2D eigenvalue weighted by molar-refractivity contribution is 0.0563. The SMILES string of the molecule is CC(O)(Cc1ccc(F)cc1F)c1cccnc1. The number of aromatic nitrogens is 1. The second-order valence-electron chi connectivity index (χ2n) is 4.43. The Kier molecular flexibility index (Phi) is 3.39. The van der Waals surface area contributed by atoms with Crippen molar-refractivity contribution in [1.29, 1.82) is 0 Å². The fraction of sp³-hybridized carbons (Fsp3) is 0.214. The largest absolute Gasteiger partial charge is 0.385 e. The molecule has 1 unspecified atom stereocenters. The van der Waals surface area contributed by atoms with Crippen LogP contribution in [-0.4, -0.2) is 10.1 Å². The van der Waals surface area contributed by atoms with Crippen molar-refractivity contribution in [1.82, 2.24) is 4.98 Å². The van der Waals surface area contributed by atoms with Gasteiger partial charge >= 0.3 is 0 Å². The Morgan fingerprint density at radius 3 is 2.67 bits per heavy atom. The molecule has 0 saturated heterocycles. The van der Waals surface area contributed by atoms with Gasteiger partial charge in [0.15, 0.2) is 0 Å². The molecule has 0 fully saturated rings. The van der Waals surface area contributed by atoms with Crippen LogP contribution >= 0.6 is 0 Å². The van der Waals surface area contributed by atoms with Crippen molar-refractivity contribution in [3.8, 4) is 0 Å². The standard InChI is InChI=1S/C14H13F2NO/c1-14(18,11-3-2-6-17-9-11)8-10-4-5-12(15)7-13(10)16/h2-7,9,18H,8H2,1H3. The molecule has 1 atom stereocenters. The molecule has 0 bridgehead atoms. The van der Waals surface area contributed by atoms with E-state index in [-0.39, 0.29) is 12.0 Å². The molecule has 0 radical (unpaired) electrons. The minimum absolute atomic E-state index is 0.0603. The van der Waals surface area contributed by atoms with Gasteiger partial charge in [-0.3, -0.25) is 4.98 Å². The zero-order valence-corrected chi connectivity index (χ0v) is 9.90. The molecular weight excluding hydrogens is 236 g/mol. The molecule has 0 aliphatic carbocycles. The number of benzene rings is 1. The fourth-order valence-electron chi connectivity index (χ4n) is 1.82. The maximum absolute atomic E-state index is 13.5. The molecule has 18 heavy (non-hydrogen) atoms. The van der Waals surface area contributed by atoms with E-state index in [2.05, 4.69) is 4.98 Å². The topological polar surface area (TPSA) is 33.1 Å². The van der Waals surface area contributed by atoms with Crippen molar-refractivity contribution >= 4 is 0 Å². The van der Waals surface area contributed by atoms with E-state index in [1.165, 1.54) is 18.3 Å². The van der Waals surface area contributed by atoms with Gasteiger partial charge in [0.25, 0.3) is 0 Å². The van der Waals surface area contributed by atoms with Crippen LogP contribution in [0.3, 0.4) is 0 Å². The number of aliphatic hydroxyl groups is 1. The smallest absolute Gasteiger partial charge is 0.129 e. The van der Waals surface area contributed by atoms with Crippen LogP contribution in [0.1, 0.15) is 18.1 Å². The molecule has 1 aromatic heterocycles. The normalized spacial score (nSPS) is 14.2. The third-order valence-electron chi connectivity index (χ3n) is 2.83. The minimum Gasteiger partial charge on any atom is -0.385 e. The lowest BCUT2D eigenvalue weighted by Crippen LogP contribution is -2.25. The summed E-state index contributed by atoms with van der Waals surface area (Å²) in [5, 5.41) is 10.3. The monoisotopic (exact) mass is 249 g/mol. The first-order chi connectivity index (χ1) is 8.49. The van der Waals surface area contributed by atoms with Crippen LogP contribution in [0, 0.1) is 11.6 Å². The Hall–Kier alpha value is -1.81. The summed E-state index contributed by atoms with van der Waals surface area (Å²) >= 11 is 0. The first kappa shape index (κ1) is 12.6. The van der Waals surface area contributed by atoms with Crippen molar-refractivity contribution in [2.45, 2.75) is 18.9 Å². The molecule has 0 saturated carbocycles. The van der Waals surface area contributed by atoms with E-state index in [1.807, 2.05) is 0 Å². The summed E-state index contributed by atoms with van der Waals surface area (Å²) in [6.45, 7) is 1.58. The van der Waals surface area contributed by atoms with Crippen LogP contribution in [-0.2, 0) is 12.0 Å².